The molecule has 1 N–H and O–H groups in total. The number of nitrogens with one attached hydrogen (secondary N) is 1. The van der Waals surface area contributed by atoms with Crippen LogP contribution >= 0.6 is 11.3 Å². The van der Waals surface area contributed by atoms with Crippen molar-refractivity contribution in [2.24, 2.45) is 0 Å². The van der Waals surface area contributed by atoms with Crippen LogP contribution in [0.3, 0.4) is 0 Å². The van der Waals surface area contributed by atoms with Crippen molar-refractivity contribution in [2.45, 2.75) is 25.3 Å². The van der Waals surface area contributed by atoms with Crippen LogP contribution in [0.25, 0.3) is 16.2 Å². The molecule has 5 nitrogen and oxygen atoms in total. The average molecular weight is 327 g/mol. The van der Waals surface area contributed by atoms with Gasteiger partial charge >= 0.3 is 0 Å². The quantitative estimate of drug-likeness (QED) is 0.784. The second kappa shape index (κ2) is 5.70. The molecule has 1 amide bonds. The van der Waals surface area contributed by atoms with Gasteiger partial charge in [0.05, 0.1) is 19.2 Å². The van der Waals surface area contributed by atoms with Gasteiger partial charge in [-0.2, -0.15) is 0 Å². The summed E-state index contributed by atoms with van der Waals surface area (Å²) < 4.78 is 7.19. The molecule has 0 unspecified atom stereocenters. The predicted octanol–water partition coefficient (Wildman–Crippen LogP) is 2.89. The number of aromatic nitrogens is 2. The van der Waals surface area contributed by atoms with Gasteiger partial charge in [0.25, 0.3) is 0 Å². The zero-order valence-electron chi connectivity index (χ0n) is 12.8. The Morgan fingerprint density at radius 2 is 2.17 bits per heavy atom. The fourth-order valence-electron chi connectivity index (χ4n) is 2.53. The van der Waals surface area contributed by atoms with E-state index in [2.05, 4.69) is 10.3 Å². The van der Waals surface area contributed by atoms with E-state index in [4.69, 9.17) is 4.74 Å². The summed E-state index contributed by atoms with van der Waals surface area (Å²) in [7, 11) is 1.65. The Morgan fingerprint density at radius 3 is 2.87 bits per heavy atom. The molecule has 2 heterocycles. The Balaban J connectivity index is 1.58. The van der Waals surface area contributed by atoms with Crippen molar-refractivity contribution in [1.29, 1.82) is 0 Å². The highest BCUT2D eigenvalue weighted by atomic mass is 32.1. The van der Waals surface area contributed by atoms with Gasteiger partial charge in [-0.05, 0) is 37.1 Å². The molecule has 1 aliphatic carbocycles. The lowest BCUT2D eigenvalue weighted by molar-refractivity contribution is -0.120. The number of hydrogen-bond donors (Lipinski definition) is 1. The molecule has 3 aromatic rings. The molecule has 1 fully saturated rings. The summed E-state index contributed by atoms with van der Waals surface area (Å²) >= 11 is 1.56. The molecule has 1 aromatic carbocycles. The molecule has 0 radical (unpaired) electrons. The number of imidazole rings is 1. The number of benzene rings is 1. The van der Waals surface area contributed by atoms with E-state index in [1.807, 2.05) is 40.2 Å². The highest BCUT2D eigenvalue weighted by Gasteiger charge is 2.23. The lowest BCUT2D eigenvalue weighted by Gasteiger charge is -2.02. The number of hydrogen-bond acceptors (Lipinski definition) is 4. The second-order valence-corrected chi connectivity index (χ2v) is 6.59. The van der Waals surface area contributed by atoms with Gasteiger partial charge in [0.2, 0.25) is 5.91 Å². The maximum absolute atomic E-state index is 12.0. The Labute approximate surface area is 137 Å². The van der Waals surface area contributed by atoms with E-state index >= 15 is 0 Å². The van der Waals surface area contributed by atoms with Crippen molar-refractivity contribution in [2.75, 3.05) is 7.11 Å². The normalized spacial score (nSPS) is 14.1. The molecule has 0 bridgehead atoms. The molecule has 4 rings (SSSR count). The van der Waals surface area contributed by atoms with Crippen LogP contribution in [0, 0.1) is 0 Å². The van der Waals surface area contributed by atoms with Gasteiger partial charge in [-0.1, -0.05) is 0 Å². The van der Waals surface area contributed by atoms with E-state index in [0.29, 0.717) is 12.5 Å². The minimum absolute atomic E-state index is 0.0897. The molecule has 2 aromatic heterocycles. The number of rotatable bonds is 5. The van der Waals surface area contributed by atoms with Crippen molar-refractivity contribution >= 4 is 22.2 Å². The number of carbonyl (C=O) groups is 1. The Kier molecular flexibility index (Phi) is 3.53. The highest BCUT2D eigenvalue weighted by molar-refractivity contribution is 7.15. The van der Waals surface area contributed by atoms with E-state index in [9.17, 15) is 4.79 Å². The van der Waals surface area contributed by atoms with Crippen LogP contribution in [-0.2, 0) is 11.2 Å². The topological polar surface area (TPSA) is 55.6 Å². The van der Waals surface area contributed by atoms with Crippen molar-refractivity contribution in [3.05, 3.63) is 41.5 Å². The van der Waals surface area contributed by atoms with Gasteiger partial charge in [-0.25, -0.2) is 4.98 Å². The summed E-state index contributed by atoms with van der Waals surface area (Å²) in [5, 5.41) is 5.03. The highest BCUT2D eigenvalue weighted by Crippen LogP contribution is 2.26. The summed E-state index contributed by atoms with van der Waals surface area (Å²) in [6.07, 6.45) is 4.61. The number of nitrogens with zero attached hydrogens (tertiary/aromatic N) is 2. The number of amides is 1. The molecule has 0 atom stereocenters. The van der Waals surface area contributed by atoms with Crippen LogP contribution in [0.5, 0.6) is 5.75 Å². The zero-order chi connectivity index (χ0) is 15.8. The third kappa shape index (κ3) is 2.94. The lowest BCUT2D eigenvalue weighted by Crippen LogP contribution is -2.27. The van der Waals surface area contributed by atoms with Crippen LogP contribution in [0.2, 0.25) is 0 Å². The van der Waals surface area contributed by atoms with Crippen LogP contribution < -0.4 is 10.1 Å². The number of ether oxygens (including phenoxy) is 1. The zero-order valence-corrected chi connectivity index (χ0v) is 13.6. The van der Waals surface area contributed by atoms with Crippen molar-refractivity contribution in [3.63, 3.8) is 0 Å². The van der Waals surface area contributed by atoms with Gasteiger partial charge < -0.3 is 10.1 Å². The van der Waals surface area contributed by atoms with Gasteiger partial charge in [-0.3, -0.25) is 9.20 Å². The predicted molar refractivity (Wildman–Crippen MR) is 89.9 cm³/mol. The fraction of sp³-hybridized carbons (Fsp3) is 0.294. The molecule has 1 aliphatic rings. The van der Waals surface area contributed by atoms with E-state index < -0.39 is 0 Å². The van der Waals surface area contributed by atoms with Crippen LogP contribution in [0.1, 0.15) is 18.5 Å². The largest absolute Gasteiger partial charge is 0.497 e. The number of thiazole rings is 1. The summed E-state index contributed by atoms with van der Waals surface area (Å²) in [5.74, 6) is 0.916. The van der Waals surface area contributed by atoms with Gasteiger partial charge in [0.15, 0.2) is 4.96 Å². The molecule has 118 valence electrons. The van der Waals surface area contributed by atoms with Crippen molar-refractivity contribution in [1.82, 2.24) is 14.7 Å². The first-order valence-corrected chi connectivity index (χ1v) is 8.50. The van der Waals surface area contributed by atoms with Crippen molar-refractivity contribution in [3.8, 4) is 17.0 Å². The minimum Gasteiger partial charge on any atom is -0.497 e. The van der Waals surface area contributed by atoms with E-state index in [0.717, 1.165) is 40.5 Å². The monoisotopic (exact) mass is 327 g/mol. The number of methoxy groups -OCH3 is 1. The SMILES string of the molecule is COc1ccc(-c2cn3c(CC(=O)NC4CC4)csc3n2)cc1. The Bertz CT molecular complexity index is 846. The average Bonchev–Trinajstić information content (AvgIpc) is 3.15. The smallest absolute Gasteiger partial charge is 0.226 e. The van der Waals surface area contributed by atoms with Gasteiger partial charge in [0, 0.05) is 28.9 Å². The molecular weight excluding hydrogens is 310 g/mol. The third-order valence-corrected chi connectivity index (χ3v) is 4.84. The third-order valence-electron chi connectivity index (χ3n) is 3.95. The number of fused-ring (bicyclic) bond motifs is 1. The minimum atomic E-state index is 0.0897. The Hall–Kier alpha value is -2.34. The van der Waals surface area contributed by atoms with Gasteiger partial charge in [0.1, 0.15) is 5.75 Å². The Morgan fingerprint density at radius 1 is 1.39 bits per heavy atom. The molecule has 0 aliphatic heterocycles. The molecule has 1 saturated carbocycles. The summed E-state index contributed by atoms with van der Waals surface area (Å²) in [5.41, 5.74) is 2.92. The van der Waals surface area contributed by atoms with Gasteiger partial charge in [-0.15, -0.1) is 11.3 Å². The molecule has 6 heteroatoms. The summed E-state index contributed by atoms with van der Waals surface area (Å²) in [4.78, 5) is 17.6. The van der Waals surface area contributed by atoms with E-state index in [1.54, 1.807) is 18.4 Å². The first kappa shape index (κ1) is 14.3. The van der Waals surface area contributed by atoms with Crippen LogP contribution in [-0.4, -0.2) is 28.4 Å². The maximum Gasteiger partial charge on any atom is 0.226 e. The maximum atomic E-state index is 12.0. The fourth-order valence-corrected chi connectivity index (χ4v) is 3.40. The van der Waals surface area contributed by atoms with Crippen LogP contribution in [0.4, 0.5) is 0 Å². The van der Waals surface area contributed by atoms with Crippen LogP contribution in [0.15, 0.2) is 35.8 Å². The standard InChI is InChI=1S/C17H17N3O2S/c1-22-14-6-2-11(3-7-14)15-9-20-13(10-23-17(20)19-15)8-16(21)18-12-4-5-12/h2-3,6-7,9-10,12H,4-5,8H2,1H3,(H,18,21). The first-order valence-electron chi connectivity index (χ1n) is 7.62. The van der Waals surface area contributed by atoms with E-state index in [-0.39, 0.29) is 5.91 Å². The summed E-state index contributed by atoms with van der Waals surface area (Å²) in [6.45, 7) is 0. The molecular formula is C17H17N3O2S. The second-order valence-electron chi connectivity index (χ2n) is 5.75. The molecule has 0 saturated heterocycles. The van der Waals surface area contributed by atoms with Crippen molar-refractivity contribution < 1.29 is 9.53 Å². The molecule has 0 spiro atoms. The first-order chi connectivity index (χ1) is 11.2. The summed E-state index contributed by atoms with van der Waals surface area (Å²) in [6, 6.07) is 8.23. The lowest BCUT2D eigenvalue weighted by atomic mass is 10.2. The number of carbonyl (C=O) groups excluding carboxylic acids is 1. The van der Waals surface area contributed by atoms with E-state index in [1.165, 1.54) is 0 Å². The molecule has 23 heavy (non-hydrogen) atoms.